The van der Waals surface area contributed by atoms with E-state index >= 15 is 0 Å². The lowest BCUT2D eigenvalue weighted by atomic mass is 9.33. The molecule has 0 radical (unpaired) electrons. The van der Waals surface area contributed by atoms with Crippen molar-refractivity contribution in [2.24, 2.45) is 17.3 Å². The van der Waals surface area contributed by atoms with Crippen LogP contribution in [0.4, 0.5) is 0 Å². The summed E-state index contributed by atoms with van der Waals surface area (Å²) < 4.78 is 13.3. The highest BCUT2D eigenvalue weighted by Crippen LogP contribution is 2.77. The Hall–Kier alpha value is -1.30. The minimum atomic E-state index is -0.738. The Labute approximate surface area is 178 Å². The van der Waals surface area contributed by atoms with Gasteiger partial charge in [-0.05, 0) is 83.0 Å². The van der Waals surface area contributed by atoms with Crippen molar-refractivity contribution < 1.29 is 19.7 Å². The molecule has 30 heavy (non-hydrogen) atoms. The van der Waals surface area contributed by atoms with Gasteiger partial charge in [-0.25, -0.2) is 0 Å². The van der Waals surface area contributed by atoms with Gasteiger partial charge in [0.25, 0.3) is 0 Å². The number of piperidine rings is 1. The number of likely N-dealkylation sites (tertiary alicyclic amines) is 1. The number of phenols is 1. The van der Waals surface area contributed by atoms with E-state index in [1.54, 1.807) is 0 Å². The number of fused-ring (bicyclic) bond motifs is 2. The van der Waals surface area contributed by atoms with E-state index in [0.29, 0.717) is 17.7 Å². The number of aromatic hydroxyl groups is 1. The molecular formula is C25H33NO4. The van der Waals surface area contributed by atoms with Crippen molar-refractivity contribution in [1.82, 2.24) is 4.90 Å². The Balaban J connectivity index is 1.52. The molecule has 5 nitrogen and oxygen atoms in total. The third kappa shape index (κ3) is 1.67. The van der Waals surface area contributed by atoms with Crippen molar-refractivity contribution >= 4 is 0 Å². The quantitative estimate of drug-likeness (QED) is 0.801. The van der Waals surface area contributed by atoms with Crippen LogP contribution in [0, 0.1) is 17.3 Å². The molecule has 5 fully saturated rings. The molecule has 2 heterocycles. The van der Waals surface area contributed by atoms with E-state index in [1.807, 2.05) is 13.2 Å². The van der Waals surface area contributed by atoms with Crippen LogP contribution in [0.15, 0.2) is 12.1 Å². The first kappa shape index (κ1) is 18.3. The fourth-order valence-corrected chi connectivity index (χ4v) is 9.32. The van der Waals surface area contributed by atoms with Gasteiger partial charge in [0.15, 0.2) is 11.5 Å². The van der Waals surface area contributed by atoms with Gasteiger partial charge >= 0.3 is 0 Å². The number of hydrogen-bond acceptors (Lipinski definition) is 5. The Kier molecular flexibility index (Phi) is 3.16. The van der Waals surface area contributed by atoms with Gasteiger partial charge in [-0.3, -0.25) is 0 Å². The number of methoxy groups -OCH3 is 1. The Morgan fingerprint density at radius 1 is 1.23 bits per heavy atom. The molecule has 4 bridgehead atoms. The van der Waals surface area contributed by atoms with Crippen molar-refractivity contribution in [3.63, 3.8) is 0 Å². The van der Waals surface area contributed by atoms with Crippen LogP contribution in [0.3, 0.4) is 0 Å². The molecule has 2 spiro atoms. The molecule has 5 heteroatoms. The second-order valence-electron chi connectivity index (χ2n) is 11.4. The summed E-state index contributed by atoms with van der Waals surface area (Å²) in [6, 6.07) is 4.39. The molecule has 0 amide bonds. The summed E-state index contributed by atoms with van der Waals surface area (Å²) in [5.74, 6) is 1.40. The van der Waals surface area contributed by atoms with Gasteiger partial charge < -0.3 is 24.6 Å². The summed E-state index contributed by atoms with van der Waals surface area (Å²) in [4.78, 5) is 2.57. The number of benzene rings is 1. The fourth-order valence-electron chi connectivity index (χ4n) is 9.32. The van der Waals surface area contributed by atoms with Crippen LogP contribution < -0.4 is 4.74 Å². The molecule has 7 atom stereocenters. The molecule has 0 aromatic heterocycles. The zero-order valence-corrected chi connectivity index (χ0v) is 18.3. The molecular weight excluding hydrogens is 378 g/mol. The van der Waals surface area contributed by atoms with Crippen LogP contribution in [0.1, 0.15) is 56.6 Å². The SMILES string of the molecule is CO[C@]12CC[C@@]3(C[C@@H]1[C@@](C)(O)C1CC1)C1Cc4ccc(O)c5c4[C@@]3(CCN1C)[C@H]2O5. The van der Waals surface area contributed by atoms with Crippen molar-refractivity contribution in [2.75, 3.05) is 20.7 Å². The first-order valence-corrected chi connectivity index (χ1v) is 11.8. The van der Waals surface area contributed by atoms with E-state index in [-0.39, 0.29) is 28.6 Å². The van der Waals surface area contributed by atoms with Gasteiger partial charge in [-0.15, -0.1) is 0 Å². The van der Waals surface area contributed by atoms with Crippen LogP contribution in [-0.2, 0) is 16.6 Å². The first-order valence-electron chi connectivity index (χ1n) is 11.8. The highest BCUT2D eigenvalue weighted by atomic mass is 16.6. The molecule has 1 unspecified atom stereocenters. The van der Waals surface area contributed by atoms with Crippen molar-refractivity contribution in [1.29, 1.82) is 0 Å². The number of aliphatic hydroxyl groups is 1. The summed E-state index contributed by atoms with van der Waals surface area (Å²) in [7, 11) is 4.11. The second kappa shape index (κ2) is 5.19. The summed E-state index contributed by atoms with van der Waals surface area (Å²) in [6.45, 7) is 3.11. The van der Waals surface area contributed by atoms with E-state index in [2.05, 4.69) is 24.9 Å². The van der Waals surface area contributed by atoms with Crippen molar-refractivity contribution in [3.05, 3.63) is 23.3 Å². The van der Waals surface area contributed by atoms with E-state index in [9.17, 15) is 10.2 Å². The lowest BCUT2D eigenvalue weighted by molar-refractivity contribution is -0.303. The highest BCUT2D eigenvalue weighted by molar-refractivity contribution is 5.63. The zero-order valence-electron chi connectivity index (χ0n) is 18.3. The van der Waals surface area contributed by atoms with Gasteiger partial charge in [0, 0.05) is 35.5 Å². The average Bonchev–Trinajstić information content (AvgIpc) is 3.53. The number of phenolic OH excluding ortho intramolecular Hbond substituents is 1. The molecule has 7 aliphatic rings. The number of hydrogen-bond donors (Lipinski definition) is 2. The van der Waals surface area contributed by atoms with Crippen LogP contribution in [0.5, 0.6) is 11.5 Å². The molecule has 8 rings (SSSR count). The average molecular weight is 412 g/mol. The lowest BCUT2D eigenvalue weighted by Crippen LogP contribution is -2.82. The standard InChI is InChI=1S/C25H33NO4/c1-22(28,15-5-6-15)17-13-23-8-9-25(17,29-3)21-24(23)10-11-26(2)18(23)12-14-4-7-16(27)20(30-21)19(14)24/h4,7,15,17-18,21,27-28H,5-6,8-13H2,1-3H3/t17-,18?,21-,22+,23-,24+,25-/m1/s1. The summed E-state index contributed by atoms with van der Waals surface area (Å²) in [5.41, 5.74) is 1.34. The maximum atomic E-state index is 11.8. The van der Waals surface area contributed by atoms with Crippen molar-refractivity contribution in [2.45, 2.75) is 80.6 Å². The van der Waals surface area contributed by atoms with E-state index in [1.165, 1.54) is 11.1 Å². The number of ether oxygens (including phenoxy) is 2. The Morgan fingerprint density at radius 3 is 2.77 bits per heavy atom. The van der Waals surface area contributed by atoms with Gasteiger partial charge in [0.05, 0.1) is 5.60 Å². The van der Waals surface area contributed by atoms with Gasteiger partial charge in [0.2, 0.25) is 0 Å². The van der Waals surface area contributed by atoms with Crippen LogP contribution in [-0.4, -0.2) is 59.2 Å². The van der Waals surface area contributed by atoms with Gasteiger partial charge in [0.1, 0.15) is 11.7 Å². The van der Waals surface area contributed by atoms with Gasteiger partial charge in [-0.1, -0.05) is 6.07 Å². The van der Waals surface area contributed by atoms with Crippen LogP contribution in [0.25, 0.3) is 0 Å². The molecule has 2 N–H and O–H groups in total. The monoisotopic (exact) mass is 411 g/mol. The Morgan fingerprint density at radius 2 is 2.03 bits per heavy atom. The molecule has 1 saturated heterocycles. The minimum absolute atomic E-state index is 0.0568. The van der Waals surface area contributed by atoms with Gasteiger partial charge in [-0.2, -0.15) is 0 Å². The molecule has 2 aliphatic heterocycles. The molecule has 162 valence electrons. The largest absolute Gasteiger partial charge is 0.504 e. The summed E-state index contributed by atoms with van der Waals surface area (Å²) >= 11 is 0. The Bertz CT molecular complexity index is 957. The third-order valence-electron chi connectivity index (χ3n) is 10.7. The molecule has 1 aromatic carbocycles. The maximum absolute atomic E-state index is 11.8. The van der Waals surface area contributed by atoms with E-state index in [4.69, 9.17) is 9.47 Å². The van der Waals surface area contributed by atoms with E-state index in [0.717, 1.165) is 51.5 Å². The smallest absolute Gasteiger partial charge is 0.165 e. The third-order valence-corrected chi connectivity index (χ3v) is 10.7. The molecule has 5 aliphatic carbocycles. The summed E-state index contributed by atoms with van der Waals surface area (Å²) in [5, 5.41) is 22.6. The molecule has 1 aromatic rings. The lowest BCUT2D eigenvalue weighted by Gasteiger charge is -2.74. The van der Waals surface area contributed by atoms with E-state index < -0.39 is 11.2 Å². The maximum Gasteiger partial charge on any atom is 0.165 e. The number of rotatable bonds is 3. The first-order chi connectivity index (χ1) is 14.3. The fraction of sp³-hybridized carbons (Fsp3) is 0.760. The minimum Gasteiger partial charge on any atom is -0.504 e. The predicted octanol–water partition coefficient (Wildman–Crippen LogP) is 3.00. The highest BCUT2D eigenvalue weighted by Gasteiger charge is 2.82. The zero-order chi connectivity index (χ0) is 20.7. The topological polar surface area (TPSA) is 62.2 Å². The normalized spacial score (nSPS) is 47.5. The predicted molar refractivity (Wildman–Crippen MR) is 112 cm³/mol. The van der Waals surface area contributed by atoms with Crippen LogP contribution >= 0.6 is 0 Å². The number of nitrogens with zero attached hydrogens (tertiary/aromatic N) is 1. The summed E-state index contributed by atoms with van der Waals surface area (Å²) in [6.07, 6.45) is 7.18. The van der Waals surface area contributed by atoms with Crippen molar-refractivity contribution in [3.8, 4) is 11.5 Å². The second-order valence-corrected chi connectivity index (χ2v) is 11.4. The van der Waals surface area contributed by atoms with Crippen LogP contribution in [0.2, 0.25) is 0 Å². The molecule has 4 saturated carbocycles. The number of likely N-dealkylation sites (N-methyl/N-ethyl adjacent to an activating group) is 1.